The lowest BCUT2D eigenvalue weighted by Gasteiger charge is -2.56. The van der Waals surface area contributed by atoms with Crippen LogP contribution in [0.2, 0.25) is 5.02 Å². The topological polar surface area (TPSA) is 15.3 Å². The van der Waals surface area contributed by atoms with Crippen molar-refractivity contribution in [1.29, 1.82) is 0 Å². The van der Waals surface area contributed by atoms with Crippen LogP contribution in [0, 0.1) is 5.41 Å². The molecule has 2 nitrogen and oxygen atoms in total. The van der Waals surface area contributed by atoms with E-state index in [1.807, 2.05) is 12.1 Å². The highest BCUT2D eigenvalue weighted by Crippen LogP contribution is 2.43. The van der Waals surface area contributed by atoms with Gasteiger partial charge in [0.05, 0.1) is 0 Å². The van der Waals surface area contributed by atoms with Crippen LogP contribution in [-0.4, -0.2) is 37.1 Å². The summed E-state index contributed by atoms with van der Waals surface area (Å²) in [6.07, 6.45) is 9.03. The molecule has 1 unspecified atom stereocenters. The molecule has 126 valence electrons. The monoisotopic (exact) mass is 352 g/mol. The Morgan fingerprint density at radius 3 is 2.48 bits per heavy atom. The number of benzene rings is 1. The first-order chi connectivity index (χ1) is 10.8. The summed E-state index contributed by atoms with van der Waals surface area (Å²) < 4.78 is 0. The molecule has 0 saturated carbocycles. The van der Waals surface area contributed by atoms with Gasteiger partial charge in [-0.2, -0.15) is 0 Å². The fraction of sp³-hybridized carbons (Fsp3) is 0.579. The van der Waals surface area contributed by atoms with Crippen LogP contribution in [0.15, 0.2) is 30.3 Å². The number of halogens is 2. The molecule has 4 rings (SSSR count). The van der Waals surface area contributed by atoms with Crippen molar-refractivity contribution >= 4 is 29.6 Å². The quantitative estimate of drug-likeness (QED) is 0.849. The van der Waals surface area contributed by atoms with Crippen molar-refractivity contribution in [1.82, 2.24) is 10.2 Å². The number of rotatable bonds is 2. The molecule has 0 aromatic heterocycles. The van der Waals surface area contributed by atoms with Crippen molar-refractivity contribution in [3.05, 3.63) is 40.9 Å². The summed E-state index contributed by atoms with van der Waals surface area (Å²) in [5, 5.41) is 4.33. The van der Waals surface area contributed by atoms with E-state index in [2.05, 4.69) is 28.4 Å². The summed E-state index contributed by atoms with van der Waals surface area (Å²) in [6.45, 7) is 5.01. The zero-order valence-corrected chi connectivity index (χ0v) is 15.1. The van der Waals surface area contributed by atoms with Crippen molar-refractivity contribution < 1.29 is 0 Å². The van der Waals surface area contributed by atoms with Crippen LogP contribution in [0.4, 0.5) is 0 Å². The summed E-state index contributed by atoms with van der Waals surface area (Å²) in [5.74, 6) is 0. The SMILES string of the molecule is Cl.Clc1ccc(C2=CCCCC2N2CC3(CCNCC3)C2)cc1. The highest BCUT2D eigenvalue weighted by Gasteiger charge is 2.46. The molecule has 23 heavy (non-hydrogen) atoms. The molecule has 1 aliphatic carbocycles. The molecule has 2 aliphatic heterocycles. The Balaban J connectivity index is 0.00000156. The zero-order chi connectivity index (χ0) is 15.0. The highest BCUT2D eigenvalue weighted by atomic mass is 35.5. The van der Waals surface area contributed by atoms with Crippen LogP contribution in [-0.2, 0) is 0 Å². The minimum absolute atomic E-state index is 0. The Bertz CT molecular complexity index is 553. The molecule has 0 radical (unpaired) electrons. The van der Waals surface area contributed by atoms with Crippen molar-refractivity contribution in [3.63, 3.8) is 0 Å². The molecular formula is C19H26Cl2N2. The zero-order valence-electron chi connectivity index (χ0n) is 13.6. The van der Waals surface area contributed by atoms with Gasteiger partial charge in [-0.25, -0.2) is 0 Å². The third-order valence-corrected chi connectivity index (χ3v) is 6.02. The fourth-order valence-electron chi connectivity index (χ4n) is 4.50. The van der Waals surface area contributed by atoms with Crippen LogP contribution in [0.25, 0.3) is 5.57 Å². The van der Waals surface area contributed by atoms with E-state index in [9.17, 15) is 0 Å². The van der Waals surface area contributed by atoms with E-state index in [0.717, 1.165) is 5.02 Å². The Kier molecular flexibility index (Phi) is 5.37. The molecule has 1 aromatic rings. The number of nitrogens with zero attached hydrogens (tertiary/aromatic N) is 1. The molecule has 3 aliphatic rings. The number of allylic oxidation sites excluding steroid dienone is 1. The summed E-state index contributed by atoms with van der Waals surface area (Å²) in [5.41, 5.74) is 3.51. The van der Waals surface area contributed by atoms with E-state index in [0.29, 0.717) is 11.5 Å². The summed E-state index contributed by atoms with van der Waals surface area (Å²) in [4.78, 5) is 2.73. The van der Waals surface area contributed by atoms with Gasteiger partial charge in [-0.15, -0.1) is 12.4 Å². The lowest BCUT2D eigenvalue weighted by atomic mass is 9.70. The summed E-state index contributed by atoms with van der Waals surface area (Å²) in [7, 11) is 0. The summed E-state index contributed by atoms with van der Waals surface area (Å²) >= 11 is 6.05. The van der Waals surface area contributed by atoms with Gasteiger partial charge in [0, 0.05) is 24.2 Å². The van der Waals surface area contributed by atoms with Crippen LogP contribution < -0.4 is 5.32 Å². The third kappa shape index (κ3) is 3.46. The van der Waals surface area contributed by atoms with E-state index >= 15 is 0 Å². The Morgan fingerprint density at radius 1 is 1.09 bits per heavy atom. The maximum Gasteiger partial charge on any atom is 0.0406 e. The second-order valence-electron chi connectivity index (χ2n) is 7.27. The highest BCUT2D eigenvalue weighted by molar-refractivity contribution is 6.30. The van der Waals surface area contributed by atoms with E-state index in [-0.39, 0.29) is 12.4 Å². The minimum Gasteiger partial charge on any atom is -0.317 e. The van der Waals surface area contributed by atoms with Gasteiger partial charge in [0.25, 0.3) is 0 Å². The van der Waals surface area contributed by atoms with E-state index in [4.69, 9.17) is 11.6 Å². The Hall–Kier alpha value is -0.540. The molecule has 1 atom stereocenters. The molecule has 1 spiro atoms. The molecule has 2 saturated heterocycles. The first-order valence-electron chi connectivity index (χ1n) is 8.67. The number of piperidine rings is 1. The van der Waals surface area contributed by atoms with Gasteiger partial charge in [0.1, 0.15) is 0 Å². The lowest BCUT2D eigenvalue weighted by molar-refractivity contribution is -0.0396. The van der Waals surface area contributed by atoms with Crippen LogP contribution in [0.5, 0.6) is 0 Å². The molecule has 0 bridgehead atoms. The lowest BCUT2D eigenvalue weighted by Crippen LogP contribution is -2.62. The van der Waals surface area contributed by atoms with Gasteiger partial charge in [0.15, 0.2) is 0 Å². The molecule has 4 heteroatoms. The molecule has 0 amide bonds. The van der Waals surface area contributed by atoms with Gasteiger partial charge in [0.2, 0.25) is 0 Å². The van der Waals surface area contributed by atoms with Crippen LogP contribution in [0.1, 0.15) is 37.7 Å². The van der Waals surface area contributed by atoms with Crippen molar-refractivity contribution in [3.8, 4) is 0 Å². The molecular weight excluding hydrogens is 327 g/mol. The van der Waals surface area contributed by atoms with Crippen molar-refractivity contribution in [2.75, 3.05) is 26.2 Å². The average molecular weight is 353 g/mol. The molecule has 2 heterocycles. The maximum absolute atomic E-state index is 6.05. The normalized spacial score (nSPS) is 27.0. The van der Waals surface area contributed by atoms with E-state index in [1.165, 1.54) is 69.4 Å². The predicted octanol–water partition coefficient (Wildman–Crippen LogP) is 4.38. The molecule has 1 aromatic carbocycles. The third-order valence-electron chi connectivity index (χ3n) is 5.76. The Labute approximate surface area is 150 Å². The Morgan fingerprint density at radius 2 is 1.78 bits per heavy atom. The standard InChI is InChI=1S/C19H25ClN2.ClH/c20-16-7-5-15(6-8-16)17-3-1-2-4-18(17)22-13-19(14-22)9-11-21-12-10-19;/h3,5-8,18,21H,1-2,4,9-14H2;1H. The van der Waals surface area contributed by atoms with Crippen LogP contribution >= 0.6 is 24.0 Å². The number of hydrogen-bond acceptors (Lipinski definition) is 2. The smallest absolute Gasteiger partial charge is 0.0406 e. The predicted molar refractivity (Wildman–Crippen MR) is 100 cm³/mol. The fourth-order valence-corrected chi connectivity index (χ4v) is 4.63. The molecule has 1 N–H and O–H groups in total. The van der Waals surface area contributed by atoms with E-state index < -0.39 is 0 Å². The number of likely N-dealkylation sites (tertiary alicyclic amines) is 1. The molecule has 2 fully saturated rings. The first kappa shape index (κ1) is 17.3. The summed E-state index contributed by atoms with van der Waals surface area (Å²) in [6, 6.07) is 9.04. The second kappa shape index (κ2) is 7.14. The van der Waals surface area contributed by atoms with Gasteiger partial charge >= 0.3 is 0 Å². The van der Waals surface area contributed by atoms with Crippen molar-refractivity contribution in [2.24, 2.45) is 5.41 Å². The average Bonchev–Trinajstić information content (AvgIpc) is 2.54. The largest absolute Gasteiger partial charge is 0.317 e. The second-order valence-corrected chi connectivity index (χ2v) is 7.70. The van der Waals surface area contributed by atoms with Crippen molar-refractivity contribution in [2.45, 2.75) is 38.1 Å². The maximum atomic E-state index is 6.05. The van der Waals surface area contributed by atoms with Gasteiger partial charge in [-0.1, -0.05) is 29.8 Å². The minimum atomic E-state index is 0. The number of hydrogen-bond donors (Lipinski definition) is 1. The first-order valence-corrected chi connectivity index (χ1v) is 9.04. The van der Waals surface area contributed by atoms with Gasteiger partial charge in [-0.05, 0) is 73.9 Å². The van der Waals surface area contributed by atoms with Gasteiger partial charge in [-0.3, -0.25) is 4.90 Å². The van der Waals surface area contributed by atoms with Crippen LogP contribution in [0.3, 0.4) is 0 Å². The van der Waals surface area contributed by atoms with Gasteiger partial charge < -0.3 is 5.32 Å². The number of nitrogens with one attached hydrogen (secondary N) is 1. The van der Waals surface area contributed by atoms with E-state index in [1.54, 1.807) is 0 Å².